The standard InChI is InChI=1S/C23H31N3O2/c1-18-6-4-5-7-21(18)17-25-12-14-26(15-13-25)19(2)23(27)24-16-20-8-10-22(28-3)11-9-20/h4-11,19H,12-17H2,1-3H3,(H,24,27)/t19-/m1/s1. The Labute approximate surface area is 168 Å². The molecule has 1 N–H and O–H groups in total. The fraction of sp³-hybridized carbons (Fsp3) is 0.435. The molecule has 0 spiro atoms. The fourth-order valence-electron chi connectivity index (χ4n) is 3.58. The fourth-order valence-corrected chi connectivity index (χ4v) is 3.58. The number of methoxy groups -OCH3 is 1. The molecule has 1 aliphatic heterocycles. The van der Waals surface area contributed by atoms with Crippen LogP contribution in [0.2, 0.25) is 0 Å². The largest absolute Gasteiger partial charge is 0.497 e. The third kappa shape index (κ3) is 5.33. The normalized spacial score (nSPS) is 16.5. The molecule has 0 saturated carbocycles. The Balaban J connectivity index is 1.44. The van der Waals surface area contributed by atoms with Crippen molar-refractivity contribution < 1.29 is 9.53 Å². The molecule has 0 radical (unpaired) electrons. The number of nitrogens with zero attached hydrogens (tertiary/aromatic N) is 2. The topological polar surface area (TPSA) is 44.8 Å². The van der Waals surface area contributed by atoms with E-state index in [1.54, 1.807) is 7.11 Å². The molecule has 1 fully saturated rings. The smallest absolute Gasteiger partial charge is 0.237 e. The molecule has 1 aliphatic rings. The first-order chi connectivity index (χ1) is 13.6. The Hall–Kier alpha value is -2.37. The minimum absolute atomic E-state index is 0.0863. The van der Waals surface area contributed by atoms with Crippen molar-refractivity contribution in [3.05, 3.63) is 65.2 Å². The van der Waals surface area contributed by atoms with Gasteiger partial charge in [-0.05, 0) is 42.7 Å². The van der Waals surface area contributed by atoms with Crippen LogP contribution in [0.15, 0.2) is 48.5 Å². The highest BCUT2D eigenvalue weighted by molar-refractivity contribution is 5.81. The molecule has 1 saturated heterocycles. The van der Waals surface area contributed by atoms with E-state index in [0.29, 0.717) is 6.54 Å². The Morgan fingerprint density at radius 3 is 2.39 bits per heavy atom. The minimum atomic E-state index is -0.112. The van der Waals surface area contributed by atoms with Gasteiger partial charge >= 0.3 is 0 Å². The summed E-state index contributed by atoms with van der Waals surface area (Å²) in [5.41, 5.74) is 3.81. The van der Waals surface area contributed by atoms with E-state index in [1.807, 2.05) is 31.2 Å². The lowest BCUT2D eigenvalue weighted by Gasteiger charge is -2.37. The van der Waals surface area contributed by atoms with Crippen molar-refractivity contribution in [2.75, 3.05) is 33.3 Å². The minimum Gasteiger partial charge on any atom is -0.497 e. The van der Waals surface area contributed by atoms with Crippen molar-refractivity contribution in [2.24, 2.45) is 0 Å². The van der Waals surface area contributed by atoms with E-state index in [1.165, 1.54) is 11.1 Å². The van der Waals surface area contributed by atoms with Crippen LogP contribution in [0.4, 0.5) is 0 Å². The van der Waals surface area contributed by atoms with Gasteiger partial charge in [0.05, 0.1) is 13.2 Å². The molecular formula is C23H31N3O2. The van der Waals surface area contributed by atoms with Crippen LogP contribution in [0.1, 0.15) is 23.6 Å². The van der Waals surface area contributed by atoms with Crippen LogP contribution in [-0.4, -0.2) is 55.0 Å². The molecule has 1 atom stereocenters. The predicted octanol–water partition coefficient (Wildman–Crippen LogP) is 2.83. The van der Waals surface area contributed by atoms with Crippen LogP contribution in [-0.2, 0) is 17.9 Å². The number of benzene rings is 2. The van der Waals surface area contributed by atoms with E-state index >= 15 is 0 Å². The van der Waals surface area contributed by atoms with Gasteiger partial charge in [-0.1, -0.05) is 36.4 Å². The molecule has 2 aromatic rings. The zero-order chi connectivity index (χ0) is 19.9. The molecule has 0 bridgehead atoms. The highest BCUT2D eigenvalue weighted by atomic mass is 16.5. The zero-order valence-electron chi connectivity index (χ0n) is 17.1. The molecule has 3 rings (SSSR count). The summed E-state index contributed by atoms with van der Waals surface area (Å²) in [6.45, 7) is 9.51. The lowest BCUT2D eigenvalue weighted by atomic mass is 10.1. The summed E-state index contributed by atoms with van der Waals surface area (Å²) in [6.07, 6.45) is 0. The first-order valence-corrected chi connectivity index (χ1v) is 9.98. The number of hydrogen-bond donors (Lipinski definition) is 1. The monoisotopic (exact) mass is 381 g/mol. The Morgan fingerprint density at radius 1 is 1.07 bits per heavy atom. The predicted molar refractivity (Wildman–Crippen MR) is 112 cm³/mol. The number of ether oxygens (including phenoxy) is 1. The van der Waals surface area contributed by atoms with Crippen LogP contribution in [0.3, 0.4) is 0 Å². The molecule has 0 unspecified atom stereocenters. The van der Waals surface area contributed by atoms with E-state index in [0.717, 1.165) is 44.0 Å². The SMILES string of the molecule is COc1ccc(CNC(=O)[C@@H](C)N2CCN(Cc3ccccc3C)CC2)cc1. The lowest BCUT2D eigenvalue weighted by Crippen LogP contribution is -2.53. The number of piperazine rings is 1. The second-order valence-corrected chi connectivity index (χ2v) is 7.48. The average molecular weight is 382 g/mol. The van der Waals surface area contributed by atoms with E-state index in [9.17, 15) is 4.79 Å². The van der Waals surface area contributed by atoms with Crippen molar-refractivity contribution in [3.8, 4) is 5.75 Å². The van der Waals surface area contributed by atoms with Gasteiger partial charge in [0, 0.05) is 39.3 Å². The first kappa shape index (κ1) is 20.4. The number of carbonyl (C=O) groups is 1. The van der Waals surface area contributed by atoms with Gasteiger partial charge in [0.15, 0.2) is 0 Å². The van der Waals surface area contributed by atoms with Gasteiger partial charge in [-0.25, -0.2) is 0 Å². The number of aryl methyl sites for hydroxylation is 1. The highest BCUT2D eigenvalue weighted by Crippen LogP contribution is 2.14. The van der Waals surface area contributed by atoms with Gasteiger partial charge < -0.3 is 10.1 Å². The summed E-state index contributed by atoms with van der Waals surface area (Å²) < 4.78 is 5.17. The summed E-state index contributed by atoms with van der Waals surface area (Å²) in [5, 5.41) is 3.06. The number of rotatable bonds is 7. The van der Waals surface area contributed by atoms with Gasteiger partial charge in [-0.15, -0.1) is 0 Å². The summed E-state index contributed by atoms with van der Waals surface area (Å²) in [5.74, 6) is 0.912. The first-order valence-electron chi connectivity index (χ1n) is 9.98. The maximum atomic E-state index is 12.6. The molecule has 150 valence electrons. The van der Waals surface area contributed by atoms with Crippen molar-refractivity contribution in [3.63, 3.8) is 0 Å². The van der Waals surface area contributed by atoms with Crippen molar-refractivity contribution in [1.29, 1.82) is 0 Å². The lowest BCUT2D eigenvalue weighted by molar-refractivity contribution is -0.126. The Bertz CT molecular complexity index is 768. The molecule has 2 aromatic carbocycles. The maximum Gasteiger partial charge on any atom is 0.237 e. The molecule has 1 heterocycles. The van der Waals surface area contributed by atoms with Gasteiger partial charge in [-0.2, -0.15) is 0 Å². The van der Waals surface area contributed by atoms with Crippen LogP contribution >= 0.6 is 0 Å². The van der Waals surface area contributed by atoms with Gasteiger partial charge in [0.1, 0.15) is 5.75 Å². The number of carbonyl (C=O) groups excluding carboxylic acids is 1. The number of hydrogen-bond acceptors (Lipinski definition) is 4. The Morgan fingerprint density at radius 2 is 1.75 bits per heavy atom. The van der Waals surface area contributed by atoms with E-state index < -0.39 is 0 Å². The maximum absolute atomic E-state index is 12.6. The van der Waals surface area contributed by atoms with Crippen molar-refractivity contribution >= 4 is 5.91 Å². The van der Waals surface area contributed by atoms with Crippen LogP contribution in [0.25, 0.3) is 0 Å². The van der Waals surface area contributed by atoms with Gasteiger partial charge in [-0.3, -0.25) is 14.6 Å². The van der Waals surface area contributed by atoms with Gasteiger partial charge in [0.25, 0.3) is 0 Å². The molecule has 0 aromatic heterocycles. The van der Waals surface area contributed by atoms with Crippen LogP contribution in [0.5, 0.6) is 5.75 Å². The zero-order valence-corrected chi connectivity index (χ0v) is 17.1. The van der Waals surface area contributed by atoms with E-state index in [4.69, 9.17) is 4.74 Å². The third-order valence-electron chi connectivity index (χ3n) is 5.62. The third-order valence-corrected chi connectivity index (χ3v) is 5.62. The summed E-state index contributed by atoms with van der Waals surface area (Å²) >= 11 is 0. The second-order valence-electron chi connectivity index (χ2n) is 7.48. The second kappa shape index (κ2) is 9.71. The average Bonchev–Trinajstić information content (AvgIpc) is 2.74. The highest BCUT2D eigenvalue weighted by Gasteiger charge is 2.25. The van der Waals surface area contributed by atoms with Crippen LogP contribution < -0.4 is 10.1 Å². The summed E-state index contributed by atoms with van der Waals surface area (Å²) in [4.78, 5) is 17.3. The van der Waals surface area contributed by atoms with Crippen LogP contribution in [0, 0.1) is 6.92 Å². The molecule has 5 nitrogen and oxygen atoms in total. The molecule has 28 heavy (non-hydrogen) atoms. The molecule has 0 aliphatic carbocycles. The van der Waals surface area contributed by atoms with E-state index in [2.05, 4.69) is 46.3 Å². The quantitative estimate of drug-likeness (QED) is 0.801. The number of amides is 1. The van der Waals surface area contributed by atoms with Gasteiger partial charge in [0.2, 0.25) is 5.91 Å². The summed E-state index contributed by atoms with van der Waals surface area (Å²) in [7, 11) is 1.65. The summed E-state index contributed by atoms with van der Waals surface area (Å²) in [6, 6.07) is 16.2. The number of nitrogens with one attached hydrogen (secondary N) is 1. The molecule has 5 heteroatoms. The molecular weight excluding hydrogens is 350 g/mol. The van der Waals surface area contributed by atoms with E-state index in [-0.39, 0.29) is 11.9 Å². The Kier molecular flexibility index (Phi) is 7.06. The van der Waals surface area contributed by atoms with Crippen molar-refractivity contribution in [1.82, 2.24) is 15.1 Å². The molecule has 1 amide bonds. The van der Waals surface area contributed by atoms with Crippen molar-refractivity contribution in [2.45, 2.75) is 33.0 Å².